The fourth-order valence-corrected chi connectivity index (χ4v) is 2.52. The van der Waals surface area contributed by atoms with E-state index >= 15 is 0 Å². The molecule has 224 valence electrons. The van der Waals surface area contributed by atoms with Gasteiger partial charge in [0.2, 0.25) is 5.78 Å². The van der Waals surface area contributed by atoms with E-state index in [0.29, 0.717) is 12.1 Å². The van der Waals surface area contributed by atoms with Crippen LogP contribution in [0.15, 0.2) is 30.3 Å². The van der Waals surface area contributed by atoms with E-state index in [0.717, 1.165) is 18.2 Å². The Morgan fingerprint density at radius 1 is 0.462 bits per heavy atom. The van der Waals surface area contributed by atoms with Gasteiger partial charge in [0.05, 0.1) is 6.42 Å². The van der Waals surface area contributed by atoms with Crippen molar-refractivity contribution in [2.45, 2.75) is 60.0 Å². The normalized spacial score (nSPS) is 15.4. The number of Topliss-reactive ketones (excluding diaryl/α,β-unsaturated/α-hetero) is 2. The van der Waals surface area contributed by atoms with Crippen molar-refractivity contribution in [2.75, 3.05) is 0 Å². The van der Waals surface area contributed by atoms with Crippen molar-refractivity contribution < 1.29 is 93.0 Å². The van der Waals surface area contributed by atoms with E-state index in [-0.39, 0.29) is 0 Å². The highest BCUT2D eigenvalue weighted by Gasteiger charge is 2.97. The Morgan fingerprint density at radius 3 is 1.10 bits per heavy atom. The fraction of sp³-hybridized carbons (Fsp3) is 0.556. The summed E-state index contributed by atoms with van der Waals surface area (Å²) >= 11 is 0. The number of ketones is 2. The van der Waals surface area contributed by atoms with E-state index in [4.69, 9.17) is 0 Å². The Kier molecular flexibility index (Phi) is 8.27. The molecule has 0 amide bonds. The number of halogens is 19. The fourth-order valence-electron chi connectivity index (χ4n) is 2.52. The van der Waals surface area contributed by atoms with Crippen LogP contribution in [-0.4, -0.2) is 65.1 Å². The highest BCUT2D eigenvalue weighted by Crippen LogP contribution is 2.65. The van der Waals surface area contributed by atoms with Gasteiger partial charge in [-0.15, -0.1) is 0 Å². The first-order valence-electron chi connectivity index (χ1n) is 9.12. The lowest BCUT2D eigenvalue weighted by Gasteiger charge is -2.43. The first kappa shape index (κ1) is 34.3. The Morgan fingerprint density at radius 2 is 0.769 bits per heavy atom. The first-order chi connectivity index (χ1) is 16.9. The number of alkyl halides is 19. The molecule has 0 spiro atoms. The molecule has 0 unspecified atom stereocenters. The predicted octanol–water partition coefficient (Wildman–Crippen LogP) is 7.47. The van der Waals surface area contributed by atoms with Gasteiger partial charge in [0, 0.05) is 5.56 Å². The summed E-state index contributed by atoms with van der Waals surface area (Å²) in [6, 6.07) is 4.47. The summed E-state index contributed by atoms with van der Waals surface area (Å²) in [6.45, 7) is 0. The smallest absolute Gasteiger partial charge is 0.294 e. The van der Waals surface area contributed by atoms with E-state index in [1.54, 1.807) is 0 Å². The average molecular weight is 616 g/mol. The highest BCUT2D eigenvalue weighted by molar-refractivity contribution is 6.10. The molecular formula is C18H7F19O2. The van der Waals surface area contributed by atoms with E-state index in [9.17, 15) is 93.0 Å². The highest BCUT2D eigenvalue weighted by atomic mass is 19.4. The van der Waals surface area contributed by atoms with Gasteiger partial charge in [-0.1, -0.05) is 30.3 Å². The molecule has 0 fully saturated rings. The van der Waals surface area contributed by atoms with Gasteiger partial charge >= 0.3 is 53.6 Å². The molecule has 1 rings (SSSR count). The lowest BCUT2D eigenvalue weighted by molar-refractivity contribution is -0.467. The molecular weight excluding hydrogens is 609 g/mol. The number of hydrogen-bond acceptors (Lipinski definition) is 2. The predicted molar refractivity (Wildman–Crippen MR) is 86.0 cm³/mol. The third-order valence-electron chi connectivity index (χ3n) is 4.88. The summed E-state index contributed by atoms with van der Waals surface area (Å²) in [7, 11) is 0. The summed E-state index contributed by atoms with van der Waals surface area (Å²) < 4.78 is 252. The van der Waals surface area contributed by atoms with E-state index in [1.807, 2.05) is 0 Å². The van der Waals surface area contributed by atoms with Crippen LogP contribution < -0.4 is 0 Å². The maximum Gasteiger partial charge on any atom is 0.460 e. The zero-order valence-electron chi connectivity index (χ0n) is 17.6. The van der Waals surface area contributed by atoms with Gasteiger partial charge in [-0.05, 0) is 0 Å². The average Bonchev–Trinajstić information content (AvgIpc) is 2.77. The van der Waals surface area contributed by atoms with Crippen LogP contribution in [0.5, 0.6) is 0 Å². The number of rotatable bonds is 11. The van der Waals surface area contributed by atoms with Gasteiger partial charge in [-0.3, -0.25) is 9.59 Å². The zero-order chi connectivity index (χ0) is 31.5. The van der Waals surface area contributed by atoms with Crippen LogP contribution in [0.25, 0.3) is 0 Å². The molecule has 0 aromatic heterocycles. The van der Waals surface area contributed by atoms with Crippen LogP contribution >= 0.6 is 0 Å². The lowest BCUT2D eigenvalue weighted by atomic mass is 9.86. The maximum absolute atomic E-state index is 13.8. The van der Waals surface area contributed by atoms with Crippen molar-refractivity contribution in [1.29, 1.82) is 0 Å². The van der Waals surface area contributed by atoms with Crippen LogP contribution in [-0.2, 0) is 4.79 Å². The number of carbonyl (C=O) groups excluding carboxylic acids is 2. The third kappa shape index (κ3) is 4.67. The Balaban J connectivity index is 3.61. The van der Waals surface area contributed by atoms with Crippen LogP contribution in [0.4, 0.5) is 83.4 Å². The van der Waals surface area contributed by atoms with Crippen molar-refractivity contribution in [2.24, 2.45) is 0 Å². The summed E-state index contributed by atoms with van der Waals surface area (Å²) in [5.41, 5.74) is -0.777. The van der Waals surface area contributed by atoms with Gasteiger partial charge in [0.15, 0.2) is 5.78 Å². The number of carbonyl (C=O) groups is 2. The van der Waals surface area contributed by atoms with Crippen molar-refractivity contribution >= 4 is 11.6 Å². The molecule has 0 saturated carbocycles. The summed E-state index contributed by atoms with van der Waals surface area (Å²) in [4.78, 5) is 23.1. The minimum Gasteiger partial charge on any atom is -0.294 e. The number of benzene rings is 1. The molecule has 0 heterocycles. The van der Waals surface area contributed by atoms with Crippen molar-refractivity contribution in [3.63, 3.8) is 0 Å². The molecule has 39 heavy (non-hydrogen) atoms. The van der Waals surface area contributed by atoms with Crippen molar-refractivity contribution in [3.05, 3.63) is 35.9 Å². The monoisotopic (exact) mass is 616 g/mol. The third-order valence-corrected chi connectivity index (χ3v) is 4.88. The summed E-state index contributed by atoms with van der Waals surface area (Å²) in [5.74, 6) is -74.4. The molecule has 0 aliphatic heterocycles. The lowest BCUT2D eigenvalue weighted by Crippen LogP contribution is -2.76. The maximum atomic E-state index is 13.8. The molecule has 0 bridgehead atoms. The van der Waals surface area contributed by atoms with Crippen molar-refractivity contribution in [1.82, 2.24) is 0 Å². The van der Waals surface area contributed by atoms with Gasteiger partial charge in [-0.25, -0.2) is 0 Å². The van der Waals surface area contributed by atoms with E-state index in [1.165, 1.54) is 0 Å². The largest absolute Gasteiger partial charge is 0.460 e. The summed E-state index contributed by atoms with van der Waals surface area (Å²) in [5, 5.41) is 0. The topological polar surface area (TPSA) is 34.1 Å². The zero-order valence-corrected chi connectivity index (χ0v) is 17.6. The Bertz CT molecular complexity index is 1070. The molecule has 21 heteroatoms. The molecule has 2 nitrogen and oxygen atoms in total. The van der Waals surface area contributed by atoms with Crippen LogP contribution in [0.1, 0.15) is 16.8 Å². The molecule has 0 aliphatic rings. The molecule has 0 radical (unpaired) electrons. The minimum atomic E-state index is -9.08. The van der Waals surface area contributed by atoms with E-state index < -0.39 is 77.1 Å². The standard InChI is InChI=1S/C18H7F19O2/c19-10(20,9(39)6-8(38)7-4-2-1-3-5-7)11(21,22)12(23,24)13(25,26)14(27,28)15(29,30)16(31,32)17(33,34)18(35,36)37/h1-5H,6H2. The van der Waals surface area contributed by atoms with Gasteiger partial charge in [0.25, 0.3) is 0 Å². The van der Waals surface area contributed by atoms with Crippen LogP contribution in [0.2, 0.25) is 0 Å². The van der Waals surface area contributed by atoms with Crippen LogP contribution in [0.3, 0.4) is 0 Å². The van der Waals surface area contributed by atoms with Crippen LogP contribution in [0, 0.1) is 0 Å². The second-order valence-corrected chi connectivity index (χ2v) is 7.48. The molecule has 0 N–H and O–H groups in total. The van der Waals surface area contributed by atoms with Crippen molar-refractivity contribution in [3.8, 4) is 0 Å². The second-order valence-electron chi connectivity index (χ2n) is 7.48. The molecule has 1 aromatic carbocycles. The Labute approximate surface area is 201 Å². The summed E-state index contributed by atoms with van der Waals surface area (Å²) in [6.07, 6.45) is -10.5. The minimum absolute atomic E-state index is 0.703. The van der Waals surface area contributed by atoms with Gasteiger partial charge < -0.3 is 0 Å². The number of hydrogen-bond donors (Lipinski definition) is 0. The quantitative estimate of drug-likeness (QED) is 0.147. The molecule has 1 aromatic rings. The molecule has 0 aliphatic carbocycles. The second kappa shape index (κ2) is 9.41. The van der Waals surface area contributed by atoms with Gasteiger partial charge in [0.1, 0.15) is 0 Å². The van der Waals surface area contributed by atoms with E-state index in [2.05, 4.69) is 0 Å². The van der Waals surface area contributed by atoms with Gasteiger partial charge in [-0.2, -0.15) is 83.4 Å². The molecule has 0 atom stereocenters. The Hall–Kier alpha value is -2.77. The molecule has 0 saturated heterocycles. The first-order valence-corrected chi connectivity index (χ1v) is 9.12. The SMILES string of the molecule is O=C(CC(=O)C(F)(F)C(F)(F)C(F)(F)C(F)(F)C(F)(F)C(F)(F)C(F)(F)C(F)(F)C(F)(F)F)c1ccccc1.